The molecule has 0 saturated carbocycles. The van der Waals surface area contributed by atoms with Crippen LogP contribution in [-0.2, 0) is 60.9 Å². The van der Waals surface area contributed by atoms with Gasteiger partial charge in [-0.3, -0.25) is 19.2 Å². The molecule has 13 nitrogen and oxygen atoms in total. The number of esters is 4. The molecule has 0 radical (unpaired) electrons. The average molecular weight is 635 g/mol. The van der Waals surface area contributed by atoms with Gasteiger partial charge in [-0.15, -0.1) is 0 Å². The van der Waals surface area contributed by atoms with Gasteiger partial charge in [0, 0.05) is 53.6 Å². The molecule has 0 aromatic heterocycles. The van der Waals surface area contributed by atoms with Gasteiger partial charge in [-0.2, -0.15) is 0 Å². The number of hydrogen-bond donors (Lipinski definition) is 0. The van der Waals surface area contributed by atoms with Crippen LogP contribution in [0, 0.1) is 5.92 Å². The predicted octanol–water partition coefficient (Wildman–Crippen LogP) is 3.50. The van der Waals surface area contributed by atoms with E-state index in [1.165, 1.54) is 27.7 Å². The molecule has 0 spiro atoms. The van der Waals surface area contributed by atoms with Gasteiger partial charge in [0.25, 0.3) is 0 Å². The Morgan fingerprint density at radius 1 is 0.767 bits per heavy atom. The van der Waals surface area contributed by atoms with E-state index >= 15 is 0 Å². The fourth-order valence-corrected chi connectivity index (χ4v) is 7.44. The van der Waals surface area contributed by atoms with Gasteiger partial charge in [-0.05, 0) is 46.5 Å². The summed E-state index contributed by atoms with van der Waals surface area (Å²) in [6.45, 7) is 15.8. The highest BCUT2D eigenvalue weighted by Gasteiger charge is 2.52. The summed E-state index contributed by atoms with van der Waals surface area (Å²) in [5.41, 5.74) is 0.878. The Labute approximate surface area is 256 Å². The quantitative estimate of drug-likeness (QED) is 0.0883. The number of rotatable bonds is 19. The highest BCUT2D eigenvalue weighted by atomic mass is 28.4. The van der Waals surface area contributed by atoms with Crippen LogP contribution in [0.1, 0.15) is 75.2 Å². The summed E-state index contributed by atoms with van der Waals surface area (Å²) in [6, 6.07) is 0.709. The van der Waals surface area contributed by atoms with E-state index in [0.29, 0.717) is 25.9 Å². The summed E-state index contributed by atoms with van der Waals surface area (Å²) in [5.74, 6) is -2.50. The van der Waals surface area contributed by atoms with Crippen molar-refractivity contribution in [3.8, 4) is 0 Å². The lowest BCUT2D eigenvalue weighted by atomic mass is 9.98. The summed E-state index contributed by atoms with van der Waals surface area (Å²) in [5, 5.41) is 0. The third-order valence-electron chi connectivity index (χ3n) is 6.23. The molecule has 1 rings (SSSR count). The first-order valence-electron chi connectivity index (χ1n) is 14.8. The van der Waals surface area contributed by atoms with Crippen molar-refractivity contribution in [2.24, 2.45) is 5.92 Å². The van der Waals surface area contributed by atoms with E-state index in [4.69, 9.17) is 41.7 Å². The number of carbonyl (C=O) groups excluding carboxylic acids is 4. The zero-order valence-electron chi connectivity index (χ0n) is 27.0. The molecule has 0 aromatic carbocycles. The third-order valence-corrected chi connectivity index (χ3v) is 9.38. The van der Waals surface area contributed by atoms with Crippen LogP contribution >= 0.6 is 0 Å². The second-order valence-electron chi connectivity index (χ2n) is 10.2. The van der Waals surface area contributed by atoms with E-state index in [1.54, 1.807) is 0 Å². The van der Waals surface area contributed by atoms with E-state index in [0.717, 1.165) is 18.4 Å². The molecule has 6 atom stereocenters. The maximum absolute atomic E-state index is 12.0. The smallest absolute Gasteiger partial charge is 0.463 e. The minimum Gasteiger partial charge on any atom is -0.463 e. The van der Waals surface area contributed by atoms with Crippen molar-refractivity contribution in [1.29, 1.82) is 0 Å². The summed E-state index contributed by atoms with van der Waals surface area (Å²) in [7, 11) is -2.72. The van der Waals surface area contributed by atoms with Crippen molar-refractivity contribution in [3.05, 3.63) is 11.6 Å². The number of allylic oxidation sites excluding steroid dienone is 1. The highest BCUT2D eigenvalue weighted by molar-refractivity contribution is 6.60. The molecule has 0 bridgehead atoms. The molecule has 0 amide bonds. The minimum absolute atomic E-state index is 0.0909. The SMILES string of the molecule is CCO[Si](CCCC(C)/C=C(\C)CO[C@@H]1OC(COC(C)=O)[C@H](OC(C)=O)[C@H](OC(C)=O)C1OC(C)=O)(OCC)OCC. The molecule has 1 aliphatic rings. The fourth-order valence-electron chi connectivity index (χ4n) is 4.80. The van der Waals surface area contributed by atoms with Crippen molar-refractivity contribution in [1.82, 2.24) is 0 Å². The maximum atomic E-state index is 12.0. The zero-order chi connectivity index (χ0) is 32.6. The van der Waals surface area contributed by atoms with Gasteiger partial charge in [0.1, 0.15) is 12.7 Å². The molecule has 1 saturated heterocycles. The Kier molecular flexibility index (Phi) is 17.8. The Morgan fingerprint density at radius 3 is 1.77 bits per heavy atom. The summed E-state index contributed by atoms with van der Waals surface area (Å²) in [6.07, 6.45) is -2.30. The van der Waals surface area contributed by atoms with Crippen LogP contribution in [-0.4, -0.2) is 96.4 Å². The van der Waals surface area contributed by atoms with Crippen LogP contribution in [0.25, 0.3) is 0 Å². The second kappa shape index (κ2) is 19.8. The molecule has 248 valence electrons. The van der Waals surface area contributed by atoms with E-state index in [1.807, 2.05) is 27.7 Å². The van der Waals surface area contributed by atoms with Crippen LogP contribution in [0.4, 0.5) is 0 Å². The largest absolute Gasteiger partial charge is 0.500 e. The Balaban J connectivity index is 3.05. The van der Waals surface area contributed by atoms with Gasteiger partial charge in [-0.25, -0.2) is 0 Å². The van der Waals surface area contributed by atoms with Crippen molar-refractivity contribution >= 4 is 32.7 Å². The van der Waals surface area contributed by atoms with Crippen LogP contribution in [0.15, 0.2) is 11.6 Å². The van der Waals surface area contributed by atoms with Gasteiger partial charge >= 0.3 is 32.7 Å². The van der Waals surface area contributed by atoms with Gasteiger partial charge in [-0.1, -0.05) is 18.6 Å². The molecule has 3 unspecified atom stereocenters. The molecule has 14 heteroatoms. The fraction of sp³-hybridized carbons (Fsp3) is 0.793. The summed E-state index contributed by atoms with van der Waals surface area (Å²) < 4.78 is 51.2. The first kappa shape index (κ1) is 38.7. The number of ether oxygens (including phenoxy) is 6. The molecule has 0 aliphatic carbocycles. The Hall–Kier alpha value is -2.36. The number of carbonyl (C=O) groups is 4. The van der Waals surface area contributed by atoms with E-state index < -0.39 is 63.4 Å². The van der Waals surface area contributed by atoms with Gasteiger partial charge < -0.3 is 41.7 Å². The molecule has 43 heavy (non-hydrogen) atoms. The zero-order valence-corrected chi connectivity index (χ0v) is 28.0. The first-order valence-corrected chi connectivity index (χ1v) is 16.7. The van der Waals surface area contributed by atoms with Gasteiger partial charge in [0.05, 0.1) is 6.61 Å². The molecular weight excluding hydrogens is 584 g/mol. The van der Waals surface area contributed by atoms with Crippen molar-refractivity contribution in [3.63, 3.8) is 0 Å². The Morgan fingerprint density at radius 2 is 1.28 bits per heavy atom. The third kappa shape index (κ3) is 14.3. The van der Waals surface area contributed by atoms with Crippen LogP contribution < -0.4 is 0 Å². The standard InChI is InChI=1S/C29H50O13Si/c1-10-36-43(37-11-2,38-12-3)15-13-14-19(4)16-20(5)17-35-29-28(41-24(9)33)27(40-23(8)32)26(39-22(7)31)25(42-29)18-34-21(6)30/h16,19,25-29H,10-15,17-18H2,1-9H3/b20-16+/t19?,25?,26-,27-,28?,29+/m0/s1. The van der Waals surface area contributed by atoms with Crippen LogP contribution in [0.5, 0.6) is 0 Å². The highest BCUT2D eigenvalue weighted by Crippen LogP contribution is 2.30. The average Bonchev–Trinajstić information content (AvgIpc) is 2.88. The van der Waals surface area contributed by atoms with E-state index in [2.05, 4.69) is 13.0 Å². The molecule has 1 heterocycles. The minimum atomic E-state index is -2.72. The number of hydrogen-bond acceptors (Lipinski definition) is 13. The van der Waals surface area contributed by atoms with Crippen molar-refractivity contribution in [2.75, 3.05) is 33.0 Å². The van der Waals surface area contributed by atoms with Gasteiger partial charge in [0.15, 0.2) is 24.6 Å². The topological polar surface area (TPSA) is 151 Å². The normalized spacial score (nSPS) is 23.3. The summed E-state index contributed by atoms with van der Waals surface area (Å²) >= 11 is 0. The maximum Gasteiger partial charge on any atom is 0.500 e. The molecule has 1 fully saturated rings. The molecule has 0 aromatic rings. The van der Waals surface area contributed by atoms with Crippen molar-refractivity contribution in [2.45, 2.75) is 112 Å². The monoisotopic (exact) mass is 634 g/mol. The predicted molar refractivity (Wildman–Crippen MR) is 156 cm³/mol. The molecule has 0 N–H and O–H groups in total. The van der Waals surface area contributed by atoms with Crippen LogP contribution in [0.2, 0.25) is 6.04 Å². The Bertz CT molecular complexity index is 907. The first-order chi connectivity index (χ1) is 20.3. The molecule has 1 aliphatic heterocycles. The lowest BCUT2D eigenvalue weighted by Gasteiger charge is -2.44. The van der Waals surface area contributed by atoms with E-state index in [-0.39, 0.29) is 19.1 Å². The summed E-state index contributed by atoms with van der Waals surface area (Å²) in [4.78, 5) is 47.4. The lowest BCUT2D eigenvalue weighted by Crippen LogP contribution is -2.63. The second-order valence-corrected chi connectivity index (χ2v) is 13.0. The van der Waals surface area contributed by atoms with Crippen LogP contribution in [0.3, 0.4) is 0 Å². The van der Waals surface area contributed by atoms with Crippen molar-refractivity contribution < 1.29 is 60.9 Å². The van der Waals surface area contributed by atoms with Gasteiger partial charge in [0.2, 0.25) is 0 Å². The van der Waals surface area contributed by atoms with E-state index in [9.17, 15) is 19.2 Å². The lowest BCUT2D eigenvalue weighted by molar-refractivity contribution is -0.306. The molecular formula is C29H50O13Si.